The minimum atomic E-state index is 0.495. The summed E-state index contributed by atoms with van der Waals surface area (Å²) in [5.41, 5.74) is 2.31. The van der Waals surface area contributed by atoms with Crippen molar-refractivity contribution in [1.29, 1.82) is 0 Å². The first kappa shape index (κ1) is 17.2. The fourth-order valence-electron chi connectivity index (χ4n) is 3.43. The fourth-order valence-corrected chi connectivity index (χ4v) is 3.43. The minimum absolute atomic E-state index is 0.495. The standard InChI is InChI=1S/C20H29N3O/c1-14(2)16-8-10-23(11-9-16)13-19-21-22-20(24-19)18-7-5-6-17(12-18)15(3)4/h5-7,12,14-16H,8-11,13H2,1-4H3. The van der Waals surface area contributed by atoms with Crippen molar-refractivity contribution >= 4 is 0 Å². The number of benzene rings is 1. The van der Waals surface area contributed by atoms with E-state index in [1.807, 2.05) is 6.07 Å². The molecule has 0 radical (unpaired) electrons. The largest absolute Gasteiger partial charge is 0.419 e. The van der Waals surface area contributed by atoms with Crippen molar-refractivity contribution in [1.82, 2.24) is 15.1 Å². The third-order valence-electron chi connectivity index (χ3n) is 5.20. The molecule has 2 aromatic rings. The van der Waals surface area contributed by atoms with E-state index in [1.165, 1.54) is 18.4 Å². The number of aromatic nitrogens is 2. The van der Waals surface area contributed by atoms with Crippen LogP contribution in [-0.2, 0) is 6.54 Å². The molecule has 4 heteroatoms. The van der Waals surface area contributed by atoms with Crippen LogP contribution >= 0.6 is 0 Å². The Morgan fingerprint density at radius 3 is 2.54 bits per heavy atom. The second-order valence-corrected chi connectivity index (χ2v) is 7.64. The molecular weight excluding hydrogens is 298 g/mol. The second-order valence-electron chi connectivity index (χ2n) is 7.64. The van der Waals surface area contributed by atoms with Gasteiger partial charge in [0, 0.05) is 5.56 Å². The van der Waals surface area contributed by atoms with Crippen LogP contribution < -0.4 is 0 Å². The van der Waals surface area contributed by atoms with Gasteiger partial charge in [0.15, 0.2) is 0 Å². The van der Waals surface area contributed by atoms with Gasteiger partial charge in [-0.3, -0.25) is 4.90 Å². The van der Waals surface area contributed by atoms with E-state index in [0.29, 0.717) is 11.8 Å². The summed E-state index contributed by atoms with van der Waals surface area (Å²) in [6.07, 6.45) is 2.55. The highest BCUT2D eigenvalue weighted by atomic mass is 16.4. The van der Waals surface area contributed by atoms with Gasteiger partial charge in [-0.1, -0.05) is 39.8 Å². The number of rotatable bonds is 5. The van der Waals surface area contributed by atoms with Gasteiger partial charge in [0.05, 0.1) is 6.54 Å². The molecule has 24 heavy (non-hydrogen) atoms. The van der Waals surface area contributed by atoms with Gasteiger partial charge in [0.25, 0.3) is 0 Å². The quantitative estimate of drug-likeness (QED) is 0.796. The Morgan fingerprint density at radius 1 is 1.12 bits per heavy atom. The Kier molecular flexibility index (Phi) is 5.34. The summed E-state index contributed by atoms with van der Waals surface area (Å²) < 4.78 is 5.92. The van der Waals surface area contributed by atoms with E-state index in [9.17, 15) is 0 Å². The van der Waals surface area contributed by atoms with Crippen molar-refractivity contribution in [3.8, 4) is 11.5 Å². The monoisotopic (exact) mass is 327 g/mol. The Balaban J connectivity index is 1.63. The van der Waals surface area contributed by atoms with E-state index in [0.717, 1.165) is 42.9 Å². The molecule has 0 saturated carbocycles. The highest BCUT2D eigenvalue weighted by molar-refractivity contribution is 5.54. The Morgan fingerprint density at radius 2 is 1.88 bits per heavy atom. The molecule has 130 valence electrons. The van der Waals surface area contributed by atoms with E-state index >= 15 is 0 Å². The predicted molar refractivity (Wildman–Crippen MR) is 96.7 cm³/mol. The maximum Gasteiger partial charge on any atom is 0.247 e. The predicted octanol–water partition coefficient (Wildman–Crippen LogP) is 4.73. The molecular formula is C20H29N3O. The maximum absolute atomic E-state index is 5.92. The topological polar surface area (TPSA) is 42.2 Å². The summed E-state index contributed by atoms with van der Waals surface area (Å²) in [6, 6.07) is 8.39. The molecule has 3 rings (SSSR count). The second kappa shape index (κ2) is 7.47. The molecule has 1 aliphatic heterocycles. The first-order valence-electron chi connectivity index (χ1n) is 9.18. The number of nitrogens with zero attached hydrogens (tertiary/aromatic N) is 3. The summed E-state index contributed by atoms with van der Waals surface area (Å²) in [4.78, 5) is 2.43. The van der Waals surface area contributed by atoms with Gasteiger partial charge >= 0.3 is 0 Å². The number of piperidine rings is 1. The maximum atomic E-state index is 5.92. The molecule has 0 N–H and O–H groups in total. The Hall–Kier alpha value is -1.68. The van der Waals surface area contributed by atoms with Crippen molar-refractivity contribution in [2.75, 3.05) is 13.1 Å². The van der Waals surface area contributed by atoms with Gasteiger partial charge < -0.3 is 4.42 Å². The Labute approximate surface area is 145 Å². The summed E-state index contributed by atoms with van der Waals surface area (Å²) in [5, 5.41) is 8.51. The van der Waals surface area contributed by atoms with Crippen LogP contribution in [-0.4, -0.2) is 28.2 Å². The van der Waals surface area contributed by atoms with E-state index in [2.05, 4.69) is 61.0 Å². The molecule has 1 aromatic carbocycles. The van der Waals surface area contributed by atoms with Gasteiger partial charge in [-0.2, -0.15) is 0 Å². The lowest BCUT2D eigenvalue weighted by molar-refractivity contribution is 0.142. The van der Waals surface area contributed by atoms with Crippen LogP contribution in [0.3, 0.4) is 0 Å². The highest BCUT2D eigenvalue weighted by Gasteiger charge is 2.23. The van der Waals surface area contributed by atoms with Gasteiger partial charge in [-0.15, -0.1) is 10.2 Å². The van der Waals surface area contributed by atoms with Crippen LogP contribution in [0.4, 0.5) is 0 Å². The van der Waals surface area contributed by atoms with E-state index < -0.39 is 0 Å². The summed E-state index contributed by atoms with van der Waals surface area (Å²) >= 11 is 0. The highest BCUT2D eigenvalue weighted by Crippen LogP contribution is 2.26. The first-order chi connectivity index (χ1) is 11.5. The molecule has 0 amide bonds. The van der Waals surface area contributed by atoms with Crippen molar-refractivity contribution in [3.63, 3.8) is 0 Å². The molecule has 0 unspecified atom stereocenters. The Bertz CT molecular complexity index is 654. The SMILES string of the molecule is CC(C)c1cccc(-c2nnc(CN3CCC(C(C)C)CC3)o2)c1. The minimum Gasteiger partial charge on any atom is -0.419 e. The molecule has 0 spiro atoms. The molecule has 0 bridgehead atoms. The lowest BCUT2D eigenvalue weighted by atomic mass is 9.87. The molecule has 2 heterocycles. The van der Waals surface area contributed by atoms with Crippen molar-refractivity contribution < 1.29 is 4.42 Å². The molecule has 0 aliphatic carbocycles. The third-order valence-corrected chi connectivity index (χ3v) is 5.20. The van der Waals surface area contributed by atoms with E-state index in [4.69, 9.17) is 4.42 Å². The fraction of sp³-hybridized carbons (Fsp3) is 0.600. The molecule has 1 fully saturated rings. The normalized spacial score (nSPS) is 17.1. The molecule has 1 aromatic heterocycles. The summed E-state index contributed by atoms with van der Waals surface area (Å²) in [6.45, 7) is 12.1. The number of hydrogen-bond acceptors (Lipinski definition) is 4. The van der Waals surface area contributed by atoms with Crippen LogP contribution in [0.2, 0.25) is 0 Å². The zero-order chi connectivity index (χ0) is 17.1. The summed E-state index contributed by atoms with van der Waals surface area (Å²) in [5.74, 6) is 3.50. The lowest BCUT2D eigenvalue weighted by Gasteiger charge is -2.32. The zero-order valence-electron chi connectivity index (χ0n) is 15.3. The van der Waals surface area contributed by atoms with E-state index in [-0.39, 0.29) is 0 Å². The number of likely N-dealkylation sites (tertiary alicyclic amines) is 1. The van der Waals surface area contributed by atoms with Crippen molar-refractivity contribution in [3.05, 3.63) is 35.7 Å². The van der Waals surface area contributed by atoms with Crippen molar-refractivity contribution in [2.24, 2.45) is 11.8 Å². The zero-order valence-corrected chi connectivity index (χ0v) is 15.3. The summed E-state index contributed by atoms with van der Waals surface area (Å²) in [7, 11) is 0. The van der Waals surface area contributed by atoms with Crippen LogP contribution in [0.15, 0.2) is 28.7 Å². The van der Waals surface area contributed by atoms with Gasteiger partial charge in [-0.05, 0) is 61.4 Å². The molecule has 4 nitrogen and oxygen atoms in total. The van der Waals surface area contributed by atoms with Crippen LogP contribution in [0, 0.1) is 11.8 Å². The third kappa shape index (κ3) is 4.04. The van der Waals surface area contributed by atoms with Gasteiger partial charge in [0.1, 0.15) is 0 Å². The number of hydrogen-bond donors (Lipinski definition) is 0. The van der Waals surface area contributed by atoms with Crippen LogP contribution in [0.25, 0.3) is 11.5 Å². The molecule has 0 atom stereocenters. The van der Waals surface area contributed by atoms with E-state index in [1.54, 1.807) is 0 Å². The van der Waals surface area contributed by atoms with Gasteiger partial charge in [-0.25, -0.2) is 0 Å². The van der Waals surface area contributed by atoms with Gasteiger partial charge in [0.2, 0.25) is 11.8 Å². The van der Waals surface area contributed by atoms with Crippen LogP contribution in [0.5, 0.6) is 0 Å². The lowest BCUT2D eigenvalue weighted by Crippen LogP contribution is -2.34. The average molecular weight is 327 g/mol. The molecule has 1 aliphatic rings. The van der Waals surface area contributed by atoms with Crippen molar-refractivity contribution in [2.45, 2.75) is 53.0 Å². The molecule has 1 saturated heterocycles. The van der Waals surface area contributed by atoms with Crippen LogP contribution in [0.1, 0.15) is 57.9 Å². The average Bonchev–Trinajstić information content (AvgIpc) is 3.04. The smallest absolute Gasteiger partial charge is 0.247 e. The first-order valence-corrected chi connectivity index (χ1v) is 9.18.